The molecule has 1 heterocycles. The Morgan fingerprint density at radius 3 is 2.35 bits per heavy atom. The molecule has 0 saturated heterocycles. The molecule has 5 nitrogen and oxygen atoms in total. The molecule has 0 radical (unpaired) electrons. The Balaban J connectivity index is 1.93. The number of benzene rings is 2. The number of anilines is 1. The zero-order valence-electron chi connectivity index (χ0n) is 15.6. The van der Waals surface area contributed by atoms with Crippen LogP contribution in [-0.2, 0) is 27.5 Å². The second-order valence-electron chi connectivity index (χ2n) is 6.41. The highest BCUT2D eigenvalue weighted by atomic mass is 32.2. The molecule has 166 valence electrons. The molecule has 1 aromatic heterocycles. The molecule has 0 aliphatic carbocycles. The average Bonchev–Trinajstić information content (AvgIpc) is 3.16. The zero-order chi connectivity index (χ0) is 23.0. The van der Waals surface area contributed by atoms with Crippen molar-refractivity contribution in [1.29, 1.82) is 0 Å². The van der Waals surface area contributed by atoms with Crippen molar-refractivity contribution in [2.45, 2.75) is 17.7 Å². The molecule has 0 unspecified atom stereocenters. The first-order valence-electron chi connectivity index (χ1n) is 8.47. The van der Waals surface area contributed by atoms with Gasteiger partial charge in [-0.2, -0.15) is 13.2 Å². The second kappa shape index (κ2) is 8.27. The first-order chi connectivity index (χ1) is 14.4. The van der Waals surface area contributed by atoms with Gasteiger partial charge < -0.3 is 9.72 Å². The highest BCUT2D eigenvalue weighted by Crippen LogP contribution is 2.34. The minimum atomic E-state index is -5.15. The van der Waals surface area contributed by atoms with E-state index in [-0.39, 0.29) is 30.0 Å². The fraction of sp³-hybridized carbons (Fsp3) is 0.158. The molecule has 0 spiro atoms. The van der Waals surface area contributed by atoms with Crippen molar-refractivity contribution in [2.75, 3.05) is 11.8 Å². The number of H-pyrrole nitrogens is 1. The monoisotopic (exact) mass is 464 g/mol. The SMILES string of the molecule is COCc1ccc(F)c(-c2cc(S(=O)(=O)Nc3cc(F)c(C(F)(F)F)cc3F)c[nH]2)c1. The lowest BCUT2D eigenvalue weighted by Crippen LogP contribution is -2.15. The normalized spacial score (nSPS) is 12.2. The number of nitrogens with one attached hydrogen (secondary N) is 2. The van der Waals surface area contributed by atoms with Crippen LogP contribution in [0, 0.1) is 17.5 Å². The van der Waals surface area contributed by atoms with Gasteiger partial charge in [-0.15, -0.1) is 0 Å². The molecule has 0 aliphatic rings. The molecule has 3 aromatic rings. The maximum atomic E-state index is 14.2. The van der Waals surface area contributed by atoms with Crippen LogP contribution in [0.4, 0.5) is 32.0 Å². The molecule has 2 N–H and O–H groups in total. The first-order valence-corrected chi connectivity index (χ1v) is 9.96. The number of sulfonamides is 1. The molecular formula is C19H14F6N2O3S. The largest absolute Gasteiger partial charge is 0.419 e. The summed E-state index contributed by atoms with van der Waals surface area (Å²) < 4.78 is 111. The van der Waals surface area contributed by atoms with Crippen molar-refractivity contribution in [3.63, 3.8) is 0 Å². The third-order valence-electron chi connectivity index (χ3n) is 4.21. The van der Waals surface area contributed by atoms with Crippen LogP contribution < -0.4 is 4.72 Å². The van der Waals surface area contributed by atoms with Gasteiger partial charge in [-0.25, -0.2) is 21.6 Å². The predicted octanol–water partition coefficient (Wildman–Crippen LogP) is 5.07. The molecule has 12 heteroatoms. The van der Waals surface area contributed by atoms with Crippen LogP contribution in [-0.4, -0.2) is 20.5 Å². The van der Waals surface area contributed by atoms with Gasteiger partial charge in [0.1, 0.15) is 22.3 Å². The number of aromatic amines is 1. The van der Waals surface area contributed by atoms with E-state index in [2.05, 4.69) is 4.98 Å². The fourth-order valence-electron chi connectivity index (χ4n) is 2.77. The minimum Gasteiger partial charge on any atom is -0.380 e. The van der Waals surface area contributed by atoms with Gasteiger partial charge in [0.05, 0.1) is 17.9 Å². The average molecular weight is 464 g/mol. The van der Waals surface area contributed by atoms with Crippen molar-refractivity contribution in [2.24, 2.45) is 0 Å². The molecule has 0 fully saturated rings. The van der Waals surface area contributed by atoms with Crippen LogP contribution >= 0.6 is 0 Å². The van der Waals surface area contributed by atoms with Gasteiger partial charge in [-0.05, 0) is 29.8 Å². The molecular weight excluding hydrogens is 450 g/mol. The van der Waals surface area contributed by atoms with Crippen LogP contribution in [0.5, 0.6) is 0 Å². The van der Waals surface area contributed by atoms with E-state index in [4.69, 9.17) is 4.74 Å². The molecule has 0 atom stereocenters. The predicted molar refractivity (Wildman–Crippen MR) is 99.1 cm³/mol. The van der Waals surface area contributed by atoms with Gasteiger partial charge in [0.25, 0.3) is 10.0 Å². The van der Waals surface area contributed by atoms with E-state index in [0.717, 1.165) is 18.3 Å². The summed E-state index contributed by atoms with van der Waals surface area (Å²) in [5.41, 5.74) is -2.18. The van der Waals surface area contributed by atoms with E-state index >= 15 is 0 Å². The van der Waals surface area contributed by atoms with Crippen molar-refractivity contribution in [3.8, 4) is 11.3 Å². The topological polar surface area (TPSA) is 71.2 Å². The Hall–Kier alpha value is -2.99. The Morgan fingerprint density at radius 2 is 1.71 bits per heavy atom. The first kappa shape index (κ1) is 22.7. The second-order valence-corrected chi connectivity index (χ2v) is 8.09. The van der Waals surface area contributed by atoms with Crippen LogP contribution in [0.1, 0.15) is 11.1 Å². The minimum absolute atomic E-state index is 0.0303. The maximum absolute atomic E-state index is 14.2. The number of ether oxygens (including phenoxy) is 1. The summed E-state index contributed by atoms with van der Waals surface area (Å²) in [7, 11) is -3.10. The fourth-order valence-corrected chi connectivity index (χ4v) is 3.82. The Kier molecular flexibility index (Phi) is 6.05. The molecule has 31 heavy (non-hydrogen) atoms. The van der Waals surface area contributed by atoms with Gasteiger partial charge in [0.15, 0.2) is 0 Å². The van der Waals surface area contributed by atoms with Crippen molar-refractivity contribution in [3.05, 3.63) is 71.2 Å². The van der Waals surface area contributed by atoms with E-state index < -0.39 is 49.8 Å². The van der Waals surface area contributed by atoms with Crippen LogP contribution in [0.25, 0.3) is 11.3 Å². The smallest absolute Gasteiger partial charge is 0.380 e. The molecule has 2 aromatic carbocycles. The van der Waals surface area contributed by atoms with Crippen molar-refractivity contribution >= 4 is 15.7 Å². The number of aromatic nitrogens is 1. The quantitative estimate of drug-likeness (QED) is 0.501. The molecule has 0 saturated carbocycles. The van der Waals surface area contributed by atoms with Gasteiger partial charge in [0, 0.05) is 30.6 Å². The van der Waals surface area contributed by atoms with E-state index in [1.165, 1.54) is 19.2 Å². The van der Waals surface area contributed by atoms with Crippen LogP contribution in [0.15, 0.2) is 47.5 Å². The van der Waals surface area contributed by atoms with Gasteiger partial charge in [0.2, 0.25) is 0 Å². The number of hydrogen-bond acceptors (Lipinski definition) is 3. The summed E-state index contributed by atoms with van der Waals surface area (Å²) in [5, 5.41) is 0. The van der Waals surface area contributed by atoms with Crippen LogP contribution in [0.2, 0.25) is 0 Å². The maximum Gasteiger partial charge on any atom is 0.419 e. The third kappa shape index (κ3) is 4.85. The summed E-state index contributed by atoms with van der Waals surface area (Å²) in [6.07, 6.45) is -4.18. The van der Waals surface area contributed by atoms with E-state index in [9.17, 15) is 34.8 Å². The Bertz CT molecular complexity index is 1220. The lowest BCUT2D eigenvalue weighted by Gasteiger charge is -2.12. The van der Waals surface area contributed by atoms with Crippen molar-refractivity contribution in [1.82, 2.24) is 4.98 Å². The van der Waals surface area contributed by atoms with E-state index in [1.54, 1.807) is 4.72 Å². The van der Waals surface area contributed by atoms with E-state index in [1.807, 2.05) is 0 Å². The third-order valence-corrected chi connectivity index (χ3v) is 5.55. The zero-order valence-corrected chi connectivity index (χ0v) is 16.5. The summed E-state index contributed by atoms with van der Waals surface area (Å²) >= 11 is 0. The van der Waals surface area contributed by atoms with Gasteiger partial charge in [-0.3, -0.25) is 4.72 Å². The van der Waals surface area contributed by atoms with Crippen LogP contribution in [0.3, 0.4) is 0 Å². The number of rotatable bonds is 6. The number of methoxy groups -OCH3 is 1. The number of halogens is 6. The number of hydrogen-bond donors (Lipinski definition) is 2. The highest BCUT2D eigenvalue weighted by molar-refractivity contribution is 7.92. The van der Waals surface area contributed by atoms with Gasteiger partial charge >= 0.3 is 6.18 Å². The molecule has 0 bridgehead atoms. The summed E-state index contributed by atoms with van der Waals surface area (Å²) in [5.74, 6) is -4.13. The molecule has 0 aliphatic heterocycles. The summed E-state index contributed by atoms with van der Waals surface area (Å²) in [6, 6.07) is 5.06. The summed E-state index contributed by atoms with van der Waals surface area (Å²) in [6.45, 7) is 0.180. The van der Waals surface area contributed by atoms with E-state index in [0.29, 0.717) is 5.56 Å². The Morgan fingerprint density at radius 1 is 1.00 bits per heavy atom. The van der Waals surface area contributed by atoms with Gasteiger partial charge in [-0.1, -0.05) is 6.07 Å². The van der Waals surface area contributed by atoms with Crippen molar-refractivity contribution < 1.29 is 39.5 Å². The standard InChI is InChI=1S/C19H14F6N2O3S/c1-30-9-10-2-3-14(20)12(4-10)17-5-11(8-26-17)31(28,29)27-18-7-15(21)13(6-16(18)22)19(23,24)25/h2-8,26-27H,9H2,1H3. The molecule has 3 rings (SSSR count). The Labute approximate surface area is 172 Å². The molecule has 0 amide bonds. The lowest BCUT2D eigenvalue weighted by molar-refractivity contribution is -0.140. The summed E-state index contributed by atoms with van der Waals surface area (Å²) in [4.78, 5) is 2.09. The lowest BCUT2D eigenvalue weighted by atomic mass is 10.1. The highest BCUT2D eigenvalue weighted by Gasteiger charge is 2.35. The number of alkyl halides is 3.